The fourth-order valence-corrected chi connectivity index (χ4v) is 4.50. The lowest BCUT2D eigenvalue weighted by Gasteiger charge is -2.33. The van der Waals surface area contributed by atoms with Crippen LogP contribution in [0.4, 0.5) is 0 Å². The summed E-state index contributed by atoms with van der Waals surface area (Å²) in [5.41, 5.74) is 0.710. The summed E-state index contributed by atoms with van der Waals surface area (Å²) in [5.74, 6) is 0. The van der Waals surface area contributed by atoms with E-state index in [2.05, 4.69) is 16.5 Å². The van der Waals surface area contributed by atoms with Crippen LogP contribution in [0.3, 0.4) is 0 Å². The third-order valence-corrected chi connectivity index (χ3v) is 6.13. The number of rotatable bonds is 6. The van der Waals surface area contributed by atoms with Crippen molar-refractivity contribution < 1.29 is 8.42 Å². The fraction of sp³-hybridized carbons (Fsp3) is 0.625. The molecule has 1 fully saturated rings. The summed E-state index contributed by atoms with van der Waals surface area (Å²) >= 11 is 5.90. The van der Waals surface area contributed by atoms with Crippen LogP contribution in [0.2, 0.25) is 5.02 Å². The van der Waals surface area contributed by atoms with E-state index in [1.165, 1.54) is 25.3 Å². The van der Waals surface area contributed by atoms with E-state index in [-0.39, 0.29) is 4.90 Å². The van der Waals surface area contributed by atoms with Crippen molar-refractivity contribution >= 4 is 21.6 Å². The second kappa shape index (κ2) is 7.77. The van der Waals surface area contributed by atoms with Gasteiger partial charge in [-0.25, -0.2) is 13.1 Å². The van der Waals surface area contributed by atoms with E-state index in [1.807, 2.05) is 0 Å². The number of hydrogen-bond donors (Lipinski definition) is 1. The van der Waals surface area contributed by atoms with E-state index < -0.39 is 10.0 Å². The Morgan fingerprint density at radius 1 is 1.36 bits per heavy atom. The monoisotopic (exact) mass is 344 g/mol. The Labute approximate surface area is 138 Å². The van der Waals surface area contributed by atoms with Crippen LogP contribution in [0.5, 0.6) is 0 Å². The summed E-state index contributed by atoms with van der Waals surface area (Å²) in [4.78, 5) is 2.72. The largest absolute Gasteiger partial charge is 0.301 e. The molecule has 1 aliphatic heterocycles. The number of benzene rings is 1. The smallest absolute Gasteiger partial charge is 0.240 e. The predicted molar refractivity (Wildman–Crippen MR) is 90.9 cm³/mol. The second-order valence-corrected chi connectivity index (χ2v) is 8.21. The standard InChI is InChI=1S/C16H25ClN2O2S/c1-13-7-8-15(17)12-16(13)22(20,21)18-9-5-11-19-10-4-3-6-14(19)2/h7-8,12,14,18H,3-6,9-11H2,1-2H3. The van der Waals surface area contributed by atoms with E-state index in [4.69, 9.17) is 11.6 Å². The van der Waals surface area contributed by atoms with Crippen LogP contribution in [0.1, 0.15) is 38.2 Å². The van der Waals surface area contributed by atoms with Gasteiger partial charge in [-0.3, -0.25) is 0 Å². The highest BCUT2D eigenvalue weighted by atomic mass is 35.5. The predicted octanol–water partition coefficient (Wildman–Crippen LogP) is 3.19. The fourth-order valence-electron chi connectivity index (χ4n) is 2.92. The van der Waals surface area contributed by atoms with Gasteiger partial charge in [-0.1, -0.05) is 24.1 Å². The molecular weight excluding hydrogens is 320 g/mol. The van der Waals surface area contributed by atoms with Crippen LogP contribution in [0.25, 0.3) is 0 Å². The molecule has 0 spiro atoms. The zero-order chi connectivity index (χ0) is 16.2. The minimum absolute atomic E-state index is 0.270. The number of sulfonamides is 1. The van der Waals surface area contributed by atoms with Crippen molar-refractivity contribution in [2.24, 2.45) is 0 Å². The number of nitrogens with zero attached hydrogens (tertiary/aromatic N) is 1. The molecule has 2 rings (SSSR count). The highest BCUT2D eigenvalue weighted by Gasteiger charge is 2.19. The molecule has 1 heterocycles. The minimum atomic E-state index is -3.48. The van der Waals surface area contributed by atoms with Crippen LogP contribution in [-0.2, 0) is 10.0 Å². The Kier molecular flexibility index (Phi) is 6.26. The van der Waals surface area contributed by atoms with Crippen LogP contribution in [0, 0.1) is 6.92 Å². The van der Waals surface area contributed by atoms with Crippen molar-refractivity contribution in [2.75, 3.05) is 19.6 Å². The number of likely N-dealkylation sites (tertiary alicyclic amines) is 1. The van der Waals surface area contributed by atoms with Gasteiger partial charge < -0.3 is 4.90 Å². The Hall–Kier alpha value is -0.620. The van der Waals surface area contributed by atoms with Crippen molar-refractivity contribution in [3.05, 3.63) is 28.8 Å². The van der Waals surface area contributed by atoms with Gasteiger partial charge in [0.25, 0.3) is 0 Å². The zero-order valence-electron chi connectivity index (χ0n) is 13.3. The molecule has 1 aliphatic rings. The van der Waals surface area contributed by atoms with Crippen LogP contribution in [0.15, 0.2) is 23.1 Å². The first-order valence-corrected chi connectivity index (χ1v) is 9.76. The molecule has 0 radical (unpaired) electrons. The summed E-state index contributed by atoms with van der Waals surface area (Å²) < 4.78 is 27.4. The van der Waals surface area contributed by atoms with Crippen molar-refractivity contribution in [2.45, 2.75) is 50.5 Å². The normalized spacial score (nSPS) is 20.2. The molecule has 6 heteroatoms. The van der Waals surface area contributed by atoms with Crippen molar-refractivity contribution in [1.29, 1.82) is 0 Å². The van der Waals surface area contributed by atoms with Gasteiger partial charge in [0.1, 0.15) is 0 Å². The molecule has 0 bridgehead atoms. The molecule has 0 aromatic heterocycles. The molecule has 1 aromatic carbocycles. The number of aryl methyl sites for hydroxylation is 1. The molecule has 22 heavy (non-hydrogen) atoms. The lowest BCUT2D eigenvalue weighted by atomic mass is 10.0. The lowest BCUT2D eigenvalue weighted by molar-refractivity contribution is 0.159. The number of nitrogens with one attached hydrogen (secondary N) is 1. The van der Waals surface area contributed by atoms with Gasteiger partial charge in [0.2, 0.25) is 10.0 Å². The first-order chi connectivity index (χ1) is 10.4. The maximum absolute atomic E-state index is 12.3. The van der Waals surface area contributed by atoms with Crippen LogP contribution in [-0.4, -0.2) is 39.0 Å². The molecule has 1 unspecified atom stereocenters. The third-order valence-electron chi connectivity index (χ3n) is 4.29. The maximum Gasteiger partial charge on any atom is 0.240 e. The number of piperidine rings is 1. The topological polar surface area (TPSA) is 49.4 Å². The molecule has 0 saturated carbocycles. The molecular formula is C16H25ClN2O2S. The van der Waals surface area contributed by atoms with Gasteiger partial charge in [0, 0.05) is 17.6 Å². The van der Waals surface area contributed by atoms with Gasteiger partial charge in [0.15, 0.2) is 0 Å². The maximum atomic E-state index is 12.3. The third kappa shape index (κ3) is 4.69. The molecule has 1 saturated heterocycles. The van der Waals surface area contributed by atoms with Gasteiger partial charge in [0.05, 0.1) is 4.90 Å². The molecule has 1 N–H and O–H groups in total. The van der Waals surface area contributed by atoms with Crippen molar-refractivity contribution in [1.82, 2.24) is 9.62 Å². The van der Waals surface area contributed by atoms with Crippen LogP contribution >= 0.6 is 11.6 Å². The van der Waals surface area contributed by atoms with Crippen molar-refractivity contribution in [3.63, 3.8) is 0 Å². The Balaban J connectivity index is 1.86. The summed E-state index contributed by atoms with van der Waals surface area (Å²) in [5, 5.41) is 0.438. The van der Waals surface area contributed by atoms with Gasteiger partial charge >= 0.3 is 0 Å². The average Bonchev–Trinajstić information content (AvgIpc) is 2.48. The van der Waals surface area contributed by atoms with Gasteiger partial charge in [-0.15, -0.1) is 0 Å². The molecule has 0 amide bonds. The molecule has 0 aliphatic carbocycles. The Bertz CT molecular complexity index is 604. The SMILES string of the molecule is Cc1ccc(Cl)cc1S(=O)(=O)NCCCN1CCCCC1C. The number of hydrogen-bond acceptors (Lipinski definition) is 3. The first kappa shape index (κ1) is 17.7. The van der Waals surface area contributed by atoms with E-state index >= 15 is 0 Å². The van der Waals surface area contributed by atoms with E-state index in [9.17, 15) is 8.42 Å². The molecule has 1 aromatic rings. The quantitative estimate of drug-likeness (QED) is 0.806. The summed E-state index contributed by atoms with van der Waals surface area (Å²) in [6.07, 6.45) is 4.62. The second-order valence-electron chi connectivity index (χ2n) is 6.04. The lowest BCUT2D eigenvalue weighted by Crippen LogP contribution is -2.39. The summed E-state index contributed by atoms with van der Waals surface area (Å²) in [6.45, 7) is 6.55. The highest BCUT2D eigenvalue weighted by Crippen LogP contribution is 2.20. The van der Waals surface area contributed by atoms with E-state index in [0.717, 1.165) is 19.5 Å². The van der Waals surface area contributed by atoms with Crippen LogP contribution < -0.4 is 4.72 Å². The number of halogens is 1. The first-order valence-electron chi connectivity index (χ1n) is 7.90. The summed E-state index contributed by atoms with van der Waals surface area (Å²) in [7, 11) is -3.48. The minimum Gasteiger partial charge on any atom is -0.301 e. The Morgan fingerprint density at radius 3 is 2.86 bits per heavy atom. The highest BCUT2D eigenvalue weighted by molar-refractivity contribution is 7.89. The van der Waals surface area contributed by atoms with Gasteiger partial charge in [-0.2, -0.15) is 0 Å². The van der Waals surface area contributed by atoms with Crippen molar-refractivity contribution in [3.8, 4) is 0 Å². The molecule has 1 atom stereocenters. The van der Waals surface area contributed by atoms with Gasteiger partial charge in [-0.05, 0) is 63.9 Å². The molecule has 124 valence electrons. The average molecular weight is 345 g/mol. The Morgan fingerprint density at radius 2 is 2.14 bits per heavy atom. The molecule has 4 nitrogen and oxygen atoms in total. The zero-order valence-corrected chi connectivity index (χ0v) is 14.9. The van der Waals surface area contributed by atoms with E-state index in [1.54, 1.807) is 19.1 Å². The summed E-state index contributed by atoms with van der Waals surface area (Å²) in [6, 6.07) is 5.55. The van der Waals surface area contributed by atoms with E-state index in [0.29, 0.717) is 23.2 Å².